The molecule has 142 valence electrons. The third-order valence-corrected chi connectivity index (χ3v) is 4.88. The SMILES string of the molecule is O=C(NS(=O)(=O)c1cccc(Cl)c1)c1ncn(CCOC(F)(F)F)c1Cl. The zero-order valence-corrected chi connectivity index (χ0v) is 15.0. The van der Waals surface area contributed by atoms with E-state index in [2.05, 4.69) is 9.72 Å². The zero-order valence-electron chi connectivity index (χ0n) is 12.6. The van der Waals surface area contributed by atoms with Gasteiger partial charge < -0.3 is 4.57 Å². The molecule has 1 N–H and O–H groups in total. The van der Waals surface area contributed by atoms with Crippen molar-refractivity contribution in [1.82, 2.24) is 14.3 Å². The standard InChI is InChI=1S/C13H10Cl2F3N3O4S/c14-8-2-1-3-9(6-8)26(23,24)20-12(22)10-11(15)21(7-19-10)4-5-25-13(16,17)18/h1-3,6-7H,4-5H2,(H,20,22). The van der Waals surface area contributed by atoms with Gasteiger partial charge in [-0.2, -0.15) is 0 Å². The van der Waals surface area contributed by atoms with Crippen LogP contribution in [-0.4, -0.2) is 36.8 Å². The van der Waals surface area contributed by atoms with Crippen LogP contribution in [0.5, 0.6) is 0 Å². The van der Waals surface area contributed by atoms with Gasteiger partial charge in [0, 0.05) is 11.6 Å². The van der Waals surface area contributed by atoms with Crippen molar-refractivity contribution < 1.29 is 31.1 Å². The molecule has 1 aromatic heterocycles. The van der Waals surface area contributed by atoms with Crippen LogP contribution >= 0.6 is 23.2 Å². The lowest BCUT2D eigenvalue weighted by Gasteiger charge is -2.08. The Bertz CT molecular complexity index is 916. The molecule has 0 aliphatic rings. The van der Waals surface area contributed by atoms with Gasteiger partial charge >= 0.3 is 6.36 Å². The summed E-state index contributed by atoms with van der Waals surface area (Å²) in [5.74, 6) is -1.15. The highest BCUT2D eigenvalue weighted by Crippen LogP contribution is 2.19. The number of aromatic nitrogens is 2. The number of amides is 1. The lowest BCUT2D eigenvalue weighted by molar-refractivity contribution is -0.325. The molecule has 0 radical (unpaired) electrons. The smallest absolute Gasteiger partial charge is 0.319 e. The van der Waals surface area contributed by atoms with Gasteiger partial charge in [-0.1, -0.05) is 29.3 Å². The first kappa shape index (κ1) is 20.5. The van der Waals surface area contributed by atoms with E-state index in [1.807, 2.05) is 0 Å². The van der Waals surface area contributed by atoms with Gasteiger partial charge in [-0.15, -0.1) is 13.2 Å². The summed E-state index contributed by atoms with van der Waals surface area (Å²) >= 11 is 11.6. The molecule has 26 heavy (non-hydrogen) atoms. The highest BCUT2D eigenvalue weighted by atomic mass is 35.5. The molecule has 7 nitrogen and oxygen atoms in total. The first-order valence-corrected chi connectivity index (χ1v) is 8.97. The molecule has 1 amide bonds. The lowest BCUT2D eigenvalue weighted by atomic mass is 10.4. The predicted molar refractivity (Wildman–Crippen MR) is 85.3 cm³/mol. The minimum Gasteiger partial charge on any atom is -0.319 e. The summed E-state index contributed by atoms with van der Waals surface area (Å²) in [4.78, 5) is 15.5. The largest absolute Gasteiger partial charge is 0.522 e. The Morgan fingerprint density at radius 3 is 2.62 bits per heavy atom. The molecular formula is C13H10Cl2F3N3O4S. The summed E-state index contributed by atoms with van der Waals surface area (Å²) in [7, 11) is -4.24. The maximum absolute atomic E-state index is 12.2. The zero-order chi connectivity index (χ0) is 19.5. The molecular weight excluding hydrogens is 422 g/mol. The predicted octanol–water partition coefficient (Wildman–Crippen LogP) is 2.85. The molecule has 1 aromatic carbocycles. The molecule has 2 rings (SSSR count). The molecule has 0 fully saturated rings. The van der Waals surface area contributed by atoms with Crippen LogP contribution in [0.4, 0.5) is 13.2 Å². The van der Waals surface area contributed by atoms with Crippen LogP contribution < -0.4 is 4.72 Å². The van der Waals surface area contributed by atoms with Gasteiger partial charge in [-0.3, -0.25) is 9.53 Å². The number of hydrogen-bond acceptors (Lipinski definition) is 5. The molecule has 0 aliphatic carbocycles. The number of carbonyl (C=O) groups is 1. The third kappa shape index (κ3) is 5.34. The second-order valence-corrected chi connectivity index (χ2v) is 7.24. The van der Waals surface area contributed by atoms with E-state index in [0.29, 0.717) is 0 Å². The Labute approximate surface area is 155 Å². The molecule has 0 atom stereocenters. The van der Waals surface area contributed by atoms with Gasteiger partial charge in [-0.25, -0.2) is 18.1 Å². The van der Waals surface area contributed by atoms with Crippen molar-refractivity contribution in [3.05, 3.63) is 46.5 Å². The molecule has 0 saturated carbocycles. The number of hydrogen-bond donors (Lipinski definition) is 1. The maximum Gasteiger partial charge on any atom is 0.522 e. The highest BCUT2D eigenvalue weighted by molar-refractivity contribution is 7.90. The van der Waals surface area contributed by atoms with E-state index in [-0.39, 0.29) is 21.6 Å². The molecule has 0 spiro atoms. The summed E-state index contributed by atoms with van der Waals surface area (Å²) in [5, 5.41) is -0.193. The quantitative estimate of drug-likeness (QED) is 0.759. The molecule has 1 heterocycles. The summed E-state index contributed by atoms with van der Waals surface area (Å²) in [5.41, 5.74) is -0.468. The average Bonchev–Trinajstić information content (AvgIpc) is 2.87. The highest BCUT2D eigenvalue weighted by Gasteiger charge is 2.29. The van der Waals surface area contributed by atoms with Crippen LogP contribution in [0.2, 0.25) is 10.2 Å². The van der Waals surface area contributed by atoms with E-state index in [9.17, 15) is 26.4 Å². The van der Waals surface area contributed by atoms with Crippen LogP contribution in [0.3, 0.4) is 0 Å². The maximum atomic E-state index is 12.2. The van der Waals surface area contributed by atoms with Crippen LogP contribution in [0.25, 0.3) is 0 Å². The van der Waals surface area contributed by atoms with Crippen LogP contribution in [-0.2, 0) is 21.3 Å². The van der Waals surface area contributed by atoms with Crippen molar-refractivity contribution in [3.63, 3.8) is 0 Å². The topological polar surface area (TPSA) is 90.3 Å². The van der Waals surface area contributed by atoms with E-state index in [1.165, 1.54) is 18.2 Å². The molecule has 0 aliphatic heterocycles. The Morgan fingerprint density at radius 1 is 1.31 bits per heavy atom. The Hall–Kier alpha value is -1.82. The van der Waals surface area contributed by atoms with Crippen molar-refractivity contribution in [2.75, 3.05) is 6.61 Å². The van der Waals surface area contributed by atoms with E-state index >= 15 is 0 Å². The van der Waals surface area contributed by atoms with Gasteiger partial charge in [0.1, 0.15) is 5.15 Å². The number of nitrogens with one attached hydrogen (secondary N) is 1. The number of rotatable bonds is 6. The molecule has 2 aromatic rings. The van der Waals surface area contributed by atoms with E-state index in [1.54, 1.807) is 4.72 Å². The summed E-state index contributed by atoms with van der Waals surface area (Å²) < 4.78 is 66.5. The second kappa shape index (κ2) is 7.82. The molecule has 13 heteroatoms. The summed E-state index contributed by atoms with van der Waals surface area (Å²) in [6.07, 6.45) is -3.82. The van der Waals surface area contributed by atoms with E-state index in [4.69, 9.17) is 23.2 Å². The first-order chi connectivity index (χ1) is 12.0. The van der Waals surface area contributed by atoms with Gasteiger partial charge in [-0.05, 0) is 18.2 Å². The minimum absolute atomic E-state index is 0.146. The number of benzene rings is 1. The molecule has 0 bridgehead atoms. The van der Waals surface area contributed by atoms with Crippen molar-refractivity contribution in [1.29, 1.82) is 0 Å². The van der Waals surface area contributed by atoms with Gasteiger partial charge in [0.05, 0.1) is 17.8 Å². The fraction of sp³-hybridized carbons (Fsp3) is 0.231. The van der Waals surface area contributed by atoms with Crippen molar-refractivity contribution in [2.24, 2.45) is 0 Å². The normalized spacial score (nSPS) is 12.2. The number of alkyl halides is 3. The third-order valence-electron chi connectivity index (χ3n) is 2.92. The summed E-state index contributed by atoms with van der Waals surface area (Å²) in [6.45, 7) is -1.11. The van der Waals surface area contributed by atoms with Crippen LogP contribution in [0.1, 0.15) is 10.5 Å². The Morgan fingerprint density at radius 2 is 2.00 bits per heavy atom. The van der Waals surface area contributed by atoms with E-state index < -0.39 is 34.6 Å². The Balaban J connectivity index is 2.10. The van der Waals surface area contributed by atoms with Crippen LogP contribution in [0, 0.1) is 0 Å². The Kier molecular flexibility index (Phi) is 6.17. The van der Waals surface area contributed by atoms with Crippen LogP contribution in [0.15, 0.2) is 35.5 Å². The number of sulfonamides is 1. The van der Waals surface area contributed by atoms with E-state index in [0.717, 1.165) is 17.0 Å². The average molecular weight is 432 g/mol. The van der Waals surface area contributed by atoms with Crippen molar-refractivity contribution in [3.8, 4) is 0 Å². The number of carbonyl (C=O) groups excluding carboxylic acids is 1. The number of nitrogens with zero attached hydrogens (tertiary/aromatic N) is 2. The van der Waals surface area contributed by atoms with Gasteiger partial charge in [0.2, 0.25) is 0 Å². The van der Waals surface area contributed by atoms with Gasteiger partial charge in [0.25, 0.3) is 15.9 Å². The minimum atomic E-state index is -4.81. The monoisotopic (exact) mass is 431 g/mol. The fourth-order valence-corrected chi connectivity index (χ4v) is 3.31. The molecule has 0 saturated heterocycles. The van der Waals surface area contributed by atoms with Crippen molar-refractivity contribution >= 4 is 39.1 Å². The first-order valence-electron chi connectivity index (χ1n) is 6.73. The van der Waals surface area contributed by atoms with Gasteiger partial charge in [0.15, 0.2) is 5.69 Å². The number of halogens is 5. The second-order valence-electron chi connectivity index (χ2n) is 4.76. The van der Waals surface area contributed by atoms with Crippen molar-refractivity contribution in [2.45, 2.75) is 17.8 Å². The lowest BCUT2D eigenvalue weighted by Crippen LogP contribution is -2.31. The molecule has 0 unspecified atom stereocenters. The fourth-order valence-electron chi connectivity index (χ4n) is 1.80. The number of imidazole rings is 1. The summed E-state index contributed by atoms with van der Waals surface area (Å²) in [6, 6.07) is 5.18. The number of ether oxygens (including phenoxy) is 1.